The molecule has 0 aromatic heterocycles. The van der Waals surface area contributed by atoms with Gasteiger partial charge in [0.05, 0.1) is 13.2 Å². The highest BCUT2D eigenvalue weighted by Gasteiger charge is 2.29. The fourth-order valence-corrected chi connectivity index (χ4v) is 3.29. The number of benzene rings is 3. The summed E-state index contributed by atoms with van der Waals surface area (Å²) in [5.41, 5.74) is 8.02. The highest BCUT2D eigenvalue weighted by atomic mass is 16.5. The number of amides is 2. The van der Waals surface area contributed by atoms with Crippen LogP contribution >= 0.6 is 0 Å². The maximum atomic E-state index is 13.2. The van der Waals surface area contributed by atoms with E-state index in [0.717, 1.165) is 11.3 Å². The summed E-state index contributed by atoms with van der Waals surface area (Å²) in [6.07, 6.45) is 0. The topological polar surface area (TPSA) is 155 Å². The number of carbonyl (C=O) groups is 3. The lowest BCUT2D eigenvalue weighted by molar-refractivity contribution is -0.129. The molecule has 0 aliphatic rings. The smallest absolute Gasteiger partial charge is 0.290 e. The van der Waals surface area contributed by atoms with Crippen LogP contribution in [-0.4, -0.2) is 36.3 Å². The van der Waals surface area contributed by atoms with Crippen LogP contribution in [0.3, 0.4) is 0 Å². The zero-order valence-electron chi connectivity index (χ0n) is 19.4. The molecule has 0 aliphatic carbocycles. The van der Waals surface area contributed by atoms with E-state index in [0.29, 0.717) is 16.8 Å². The Kier molecular flexibility index (Phi) is 11.9. The van der Waals surface area contributed by atoms with E-state index in [9.17, 15) is 9.59 Å². The molecule has 0 fully saturated rings. The number of amidine groups is 1. The zero-order valence-corrected chi connectivity index (χ0v) is 19.4. The molecule has 2 amide bonds. The Morgan fingerprint density at radius 1 is 0.944 bits per heavy atom. The molecule has 0 aliphatic heterocycles. The fraction of sp³-hybridized carbons (Fsp3) is 0.185. The zero-order chi connectivity index (χ0) is 25.8. The molecular formula is C27H32N4O5. The number of ether oxygens (including phenoxy) is 1. The summed E-state index contributed by atoms with van der Waals surface area (Å²) in [7, 11) is 1.59. The lowest BCUT2D eigenvalue weighted by Gasteiger charge is -2.21. The van der Waals surface area contributed by atoms with Crippen molar-refractivity contribution in [3.63, 3.8) is 0 Å². The number of carbonyl (C=O) groups excluding carboxylic acids is 2. The van der Waals surface area contributed by atoms with Crippen molar-refractivity contribution in [3.8, 4) is 5.75 Å². The van der Waals surface area contributed by atoms with Gasteiger partial charge in [-0.2, -0.15) is 0 Å². The molecule has 3 aromatic rings. The first kappa shape index (κ1) is 29.4. The van der Waals surface area contributed by atoms with Crippen molar-refractivity contribution in [2.24, 2.45) is 5.73 Å². The number of hydrogen-bond donors (Lipinski definition) is 5. The Morgan fingerprint density at radius 2 is 1.50 bits per heavy atom. The third-order valence-corrected chi connectivity index (χ3v) is 5.10. The number of carboxylic acid groups (broad SMARTS) is 1. The highest BCUT2D eigenvalue weighted by molar-refractivity contribution is 6.11. The largest absolute Gasteiger partial charge is 0.497 e. The molecule has 190 valence electrons. The Morgan fingerprint density at radius 3 is 2.00 bits per heavy atom. The molecule has 0 saturated carbocycles. The first-order valence-corrected chi connectivity index (χ1v) is 10.6. The molecule has 0 spiro atoms. The van der Waals surface area contributed by atoms with Crippen LogP contribution < -0.4 is 21.1 Å². The summed E-state index contributed by atoms with van der Waals surface area (Å²) in [6, 6.07) is 22.6. The van der Waals surface area contributed by atoms with Gasteiger partial charge in [0.2, 0.25) is 11.8 Å². The summed E-state index contributed by atoms with van der Waals surface area (Å²) in [5, 5.41) is 20.1. The van der Waals surface area contributed by atoms with Gasteiger partial charge in [0.15, 0.2) is 0 Å². The molecule has 0 bridgehead atoms. The van der Waals surface area contributed by atoms with Gasteiger partial charge in [0.25, 0.3) is 6.47 Å². The molecule has 36 heavy (non-hydrogen) atoms. The second-order valence-electron chi connectivity index (χ2n) is 7.43. The molecular weight excluding hydrogens is 460 g/mol. The van der Waals surface area contributed by atoms with Crippen molar-refractivity contribution in [1.82, 2.24) is 5.32 Å². The van der Waals surface area contributed by atoms with Crippen molar-refractivity contribution in [1.29, 1.82) is 5.41 Å². The first-order valence-electron chi connectivity index (χ1n) is 10.6. The second-order valence-corrected chi connectivity index (χ2v) is 7.43. The third kappa shape index (κ3) is 8.28. The van der Waals surface area contributed by atoms with Gasteiger partial charge >= 0.3 is 0 Å². The van der Waals surface area contributed by atoms with E-state index in [2.05, 4.69) is 10.6 Å². The molecule has 2 atom stereocenters. The fourth-order valence-electron chi connectivity index (χ4n) is 3.29. The van der Waals surface area contributed by atoms with Crippen molar-refractivity contribution in [2.75, 3.05) is 12.4 Å². The molecule has 1 unspecified atom stereocenters. The minimum absolute atomic E-state index is 0. The predicted octanol–water partition coefficient (Wildman–Crippen LogP) is 3.92. The Hall–Kier alpha value is -4.66. The van der Waals surface area contributed by atoms with E-state index in [1.165, 1.54) is 0 Å². The minimum atomic E-state index is -1.04. The molecule has 9 heteroatoms. The Bertz CT molecular complexity index is 1130. The predicted molar refractivity (Wildman–Crippen MR) is 140 cm³/mol. The maximum Gasteiger partial charge on any atom is 0.290 e. The number of hydrogen-bond acceptors (Lipinski definition) is 5. The summed E-state index contributed by atoms with van der Waals surface area (Å²) >= 11 is 0. The van der Waals surface area contributed by atoms with Crippen LogP contribution in [-0.2, 0) is 14.4 Å². The van der Waals surface area contributed by atoms with E-state index in [1.807, 2.05) is 37.3 Å². The average molecular weight is 493 g/mol. The molecule has 9 nitrogen and oxygen atoms in total. The quantitative estimate of drug-likeness (QED) is 0.139. The Labute approximate surface area is 210 Å². The minimum Gasteiger partial charge on any atom is -0.497 e. The van der Waals surface area contributed by atoms with Gasteiger partial charge < -0.3 is 26.2 Å². The van der Waals surface area contributed by atoms with E-state index in [-0.39, 0.29) is 25.8 Å². The van der Waals surface area contributed by atoms with Gasteiger partial charge in [0.1, 0.15) is 17.5 Å². The third-order valence-electron chi connectivity index (χ3n) is 5.10. The SMILES string of the molecule is C.COc1ccc([C@H](C)NC(=O)C(C(=O)Nc2ccc(C(=N)N)cc2)c2ccccc2)cc1.O=CO. The first-order chi connectivity index (χ1) is 16.8. The molecule has 0 saturated heterocycles. The average Bonchev–Trinajstić information content (AvgIpc) is 2.85. The van der Waals surface area contributed by atoms with E-state index >= 15 is 0 Å². The summed E-state index contributed by atoms with van der Waals surface area (Å²) < 4.78 is 5.18. The van der Waals surface area contributed by atoms with Gasteiger partial charge in [-0.25, -0.2) is 0 Å². The molecule has 6 N–H and O–H groups in total. The summed E-state index contributed by atoms with van der Waals surface area (Å²) in [5.74, 6) is -1.23. The van der Waals surface area contributed by atoms with Gasteiger partial charge in [-0.05, 0) is 54.4 Å². The van der Waals surface area contributed by atoms with E-state index in [1.54, 1.807) is 55.6 Å². The lowest BCUT2D eigenvalue weighted by Crippen LogP contribution is -2.37. The number of nitrogens with two attached hydrogens (primary N) is 1. The van der Waals surface area contributed by atoms with Crippen LogP contribution in [0.4, 0.5) is 5.69 Å². The number of nitrogen functional groups attached to an aromatic ring is 1. The van der Waals surface area contributed by atoms with Crippen molar-refractivity contribution in [2.45, 2.75) is 26.3 Å². The molecule has 3 aromatic carbocycles. The van der Waals surface area contributed by atoms with Crippen molar-refractivity contribution in [3.05, 3.63) is 95.6 Å². The molecule has 0 radical (unpaired) electrons. The van der Waals surface area contributed by atoms with E-state index in [4.69, 9.17) is 25.8 Å². The molecule has 3 rings (SSSR count). The van der Waals surface area contributed by atoms with Gasteiger partial charge in [-0.1, -0.05) is 49.9 Å². The molecule has 0 heterocycles. The number of rotatable bonds is 8. The van der Waals surface area contributed by atoms with Crippen molar-refractivity contribution >= 4 is 29.8 Å². The van der Waals surface area contributed by atoms with E-state index < -0.39 is 17.7 Å². The normalized spacial score (nSPS) is 11.3. The van der Waals surface area contributed by atoms with Crippen LogP contribution in [0.2, 0.25) is 0 Å². The van der Waals surface area contributed by atoms with Crippen LogP contribution in [0, 0.1) is 5.41 Å². The van der Waals surface area contributed by atoms with Gasteiger partial charge in [-0.15, -0.1) is 0 Å². The Balaban J connectivity index is 0.00000154. The van der Waals surface area contributed by atoms with Crippen LogP contribution in [0.15, 0.2) is 78.9 Å². The van der Waals surface area contributed by atoms with Crippen LogP contribution in [0.25, 0.3) is 0 Å². The number of anilines is 1. The van der Waals surface area contributed by atoms with Gasteiger partial charge in [0, 0.05) is 11.3 Å². The number of nitrogens with one attached hydrogen (secondary N) is 3. The number of methoxy groups -OCH3 is 1. The summed E-state index contributed by atoms with van der Waals surface area (Å²) in [6.45, 7) is 1.61. The highest BCUT2D eigenvalue weighted by Crippen LogP contribution is 2.22. The monoisotopic (exact) mass is 492 g/mol. The van der Waals surface area contributed by atoms with Gasteiger partial charge in [-0.3, -0.25) is 19.8 Å². The van der Waals surface area contributed by atoms with Crippen molar-refractivity contribution < 1.29 is 24.2 Å². The maximum absolute atomic E-state index is 13.2. The second kappa shape index (κ2) is 14.6. The standard InChI is InChI=1S/C25H26N4O3.CH2O2.CH4/c1-16(17-10-14-21(32-2)15-11-17)28-24(30)22(18-6-4-3-5-7-18)25(31)29-20-12-8-19(9-13-20)23(26)27;2-1-3;/h3-16,22H,1-2H3,(H3,26,27)(H,28,30)(H,29,31);1H,(H,2,3);1H4/t16-,22?;;/m0../s1. The lowest BCUT2D eigenvalue weighted by atomic mass is 9.96. The van der Waals surface area contributed by atoms with Crippen LogP contribution in [0.1, 0.15) is 43.0 Å². The van der Waals surface area contributed by atoms with Crippen LogP contribution in [0.5, 0.6) is 5.75 Å². The summed E-state index contributed by atoms with van der Waals surface area (Å²) in [4.78, 5) is 34.7.